The van der Waals surface area contributed by atoms with Crippen molar-refractivity contribution in [1.29, 1.82) is 0 Å². The highest BCUT2D eigenvalue weighted by Gasteiger charge is 2.36. The van der Waals surface area contributed by atoms with Crippen molar-refractivity contribution < 1.29 is 24.0 Å². The Balaban J connectivity index is 1.56. The molecule has 2 aromatic carbocycles. The van der Waals surface area contributed by atoms with Crippen molar-refractivity contribution in [2.45, 2.75) is 6.42 Å². The van der Waals surface area contributed by atoms with Gasteiger partial charge in [0, 0.05) is 41.4 Å². The van der Waals surface area contributed by atoms with Crippen LogP contribution in [0, 0.1) is 16.0 Å². The lowest BCUT2D eigenvalue weighted by molar-refractivity contribution is -0.384. The van der Waals surface area contributed by atoms with E-state index in [0.29, 0.717) is 10.7 Å². The molecule has 1 amide bonds. The van der Waals surface area contributed by atoms with Gasteiger partial charge < -0.3 is 9.64 Å². The maximum atomic E-state index is 12.2. The van der Waals surface area contributed by atoms with Crippen molar-refractivity contribution in [1.82, 2.24) is 0 Å². The summed E-state index contributed by atoms with van der Waals surface area (Å²) in [4.78, 5) is 48.0. The number of halogens is 1. The molecule has 0 spiro atoms. The molecule has 1 atom stereocenters. The third-order valence-electron chi connectivity index (χ3n) is 4.34. The first-order chi connectivity index (χ1) is 13.3. The molecule has 1 aliphatic rings. The number of hydrogen-bond donors (Lipinski definition) is 0. The lowest BCUT2D eigenvalue weighted by Gasteiger charge is -2.16. The molecule has 2 aromatic rings. The summed E-state index contributed by atoms with van der Waals surface area (Å²) >= 11 is 5.84. The minimum atomic E-state index is -0.673. The van der Waals surface area contributed by atoms with E-state index >= 15 is 0 Å². The van der Waals surface area contributed by atoms with Crippen LogP contribution in [0.5, 0.6) is 0 Å². The highest BCUT2D eigenvalue weighted by atomic mass is 35.5. The van der Waals surface area contributed by atoms with Crippen LogP contribution in [0.3, 0.4) is 0 Å². The van der Waals surface area contributed by atoms with Gasteiger partial charge in [0.15, 0.2) is 12.4 Å². The van der Waals surface area contributed by atoms with Crippen molar-refractivity contribution in [3.63, 3.8) is 0 Å². The molecule has 1 saturated heterocycles. The Kier molecular flexibility index (Phi) is 5.70. The number of carbonyl (C=O) groups excluding carboxylic acids is 3. The van der Waals surface area contributed by atoms with E-state index in [-0.39, 0.29) is 30.1 Å². The molecule has 0 radical (unpaired) electrons. The number of anilines is 1. The highest BCUT2D eigenvalue weighted by molar-refractivity contribution is 6.30. The molecule has 144 valence electrons. The fourth-order valence-electron chi connectivity index (χ4n) is 2.84. The molecule has 1 heterocycles. The second kappa shape index (κ2) is 8.18. The topological polar surface area (TPSA) is 107 Å². The average Bonchev–Trinajstić information content (AvgIpc) is 3.08. The zero-order valence-electron chi connectivity index (χ0n) is 14.5. The smallest absolute Gasteiger partial charge is 0.311 e. The van der Waals surface area contributed by atoms with Gasteiger partial charge in [-0.05, 0) is 36.4 Å². The predicted molar refractivity (Wildman–Crippen MR) is 100 cm³/mol. The lowest BCUT2D eigenvalue weighted by Crippen LogP contribution is -2.27. The van der Waals surface area contributed by atoms with Gasteiger partial charge in [0.25, 0.3) is 5.69 Å². The molecule has 3 rings (SSSR count). The number of nitro benzene ring substituents is 1. The van der Waals surface area contributed by atoms with Crippen LogP contribution in [0.15, 0.2) is 48.5 Å². The molecular weight excluding hydrogens is 388 g/mol. The van der Waals surface area contributed by atoms with Gasteiger partial charge in [0.2, 0.25) is 5.91 Å². The van der Waals surface area contributed by atoms with Crippen molar-refractivity contribution >= 4 is 40.6 Å². The first-order valence-corrected chi connectivity index (χ1v) is 8.73. The number of Topliss-reactive ketones (excluding diaryl/α,β-unsaturated/α-hetero) is 1. The molecule has 0 aliphatic carbocycles. The molecule has 0 N–H and O–H groups in total. The standard InChI is InChI=1S/C19H15ClN2O6/c20-14-3-7-15(8-4-14)21-10-13(9-18(21)24)19(25)28-11-17(23)12-1-5-16(6-2-12)22(26)27/h1-8,13H,9-11H2/t13-/m0/s1. The second-order valence-electron chi connectivity index (χ2n) is 6.22. The number of carbonyl (C=O) groups is 3. The van der Waals surface area contributed by atoms with E-state index in [4.69, 9.17) is 16.3 Å². The van der Waals surface area contributed by atoms with Gasteiger partial charge >= 0.3 is 5.97 Å². The summed E-state index contributed by atoms with van der Waals surface area (Å²) in [5.41, 5.74) is 0.690. The van der Waals surface area contributed by atoms with E-state index in [0.717, 1.165) is 0 Å². The Hall–Kier alpha value is -3.26. The van der Waals surface area contributed by atoms with Crippen molar-refractivity contribution in [3.8, 4) is 0 Å². The van der Waals surface area contributed by atoms with Crippen molar-refractivity contribution in [2.75, 3.05) is 18.1 Å². The van der Waals surface area contributed by atoms with Crippen molar-refractivity contribution in [2.24, 2.45) is 5.92 Å². The Bertz CT molecular complexity index is 926. The number of benzene rings is 2. The maximum absolute atomic E-state index is 12.2. The summed E-state index contributed by atoms with van der Waals surface area (Å²) in [6, 6.07) is 11.7. The summed E-state index contributed by atoms with van der Waals surface area (Å²) in [6.07, 6.45) is -0.00676. The number of nitrogens with zero attached hydrogens (tertiary/aromatic N) is 2. The van der Waals surface area contributed by atoms with Crippen LogP contribution in [0.4, 0.5) is 11.4 Å². The number of esters is 1. The van der Waals surface area contributed by atoms with Gasteiger partial charge in [0.05, 0.1) is 10.8 Å². The van der Waals surface area contributed by atoms with Crippen LogP contribution in [-0.4, -0.2) is 35.7 Å². The minimum Gasteiger partial charge on any atom is -0.457 e. The number of amides is 1. The van der Waals surface area contributed by atoms with Gasteiger partial charge in [-0.3, -0.25) is 24.5 Å². The molecule has 28 heavy (non-hydrogen) atoms. The number of non-ortho nitro benzene ring substituents is 1. The van der Waals surface area contributed by atoms with Crippen LogP contribution in [0.25, 0.3) is 0 Å². The zero-order valence-corrected chi connectivity index (χ0v) is 15.3. The number of ketones is 1. The monoisotopic (exact) mass is 402 g/mol. The number of nitro groups is 1. The Morgan fingerprint density at radius 3 is 2.39 bits per heavy atom. The molecule has 9 heteroatoms. The quantitative estimate of drug-likeness (QED) is 0.318. The third kappa shape index (κ3) is 4.34. The van der Waals surface area contributed by atoms with Crippen LogP contribution in [0.2, 0.25) is 5.02 Å². The van der Waals surface area contributed by atoms with Gasteiger partial charge in [-0.1, -0.05) is 11.6 Å². The zero-order chi connectivity index (χ0) is 20.3. The maximum Gasteiger partial charge on any atom is 0.311 e. The molecule has 1 fully saturated rings. The fraction of sp³-hybridized carbons (Fsp3) is 0.211. The van der Waals surface area contributed by atoms with Crippen LogP contribution < -0.4 is 4.90 Å². The Morgan fingerprint density at radius 1 is 1.14 bits per heavy atom. The molecule has 0 bridgehead atoms. The Morgan fingerprint density at radius 2 is 1.79 bits per heavy atom. The summed E-state index contributed by atoms with van der Waals surface area (Å²) in [5.74, 6) is -2.01. The van der Waals surface area contributed by atoms with E-state index in [1.54, 1.807) is 24.3 Å². The van der Waals surface area contributed by atoms with Gasteiger partial charge in [-0.25, -0.2) is 0 Å². The summed E-state index contributed by atoms with van der Waals surface area (Å²) in [6.45, 7) is -0.340. The van der Waals surface area contributed by atoms with E-state index in [1.807, 2.05) is 0 Å². The number of rotatable bonds is 6. The van der Waals surface area contributed by atoms with Crippen LogP contribution in [-0.2, 0) is 14.3 Å². The normalized spacial score (nSPS) is 16.1. The summed E-state index contributed by atoms with van der Waals surface area (Å²) in [5, 5.41) is 11.2. The molecule has 0 unspecified atom stereocenters. The van der Waals surface area contributed by atoms with E-state index in [1.165, 1.54) is 29.2 Å². The highest BCUT2D eigenvalue weighted by Crippen LogP contribution is 2.27. The molecule has 1 aliphatic heterocycles. The average molecular weight is 403 g/mol. The van der Waals surface area contributed by atoms with Crippen LogP contribution >= 0.6 is 11.6 Å². The van der Waals surface area contributed by atoms with E-state index in [2.05, 4.69) is 0 Å². The van der Waals surface area contributed by atoms with Gasteiger partial charge in [-0.15, -0.1) is 0 Å². The van der Waals surface area contributed by atoms with Gasteiger partial charge in [-0.2, -0.15) is 0 Å². The van der Waals surface area contributed by atoms with E-state index in [9.17, 15) is 24.5 Å². The number of hydrogen-bond acceptors (Lipinski definition) is 6. The first kappa shape index (κ1) is 19.5. The number of ether oxygens (including phenoxy) is 1. The molecular formula is C19H15ClN2O6. The van der Waals surface area contributed by atoms with Crippen molar-refractivity contribution in [3.05, 3.63) is 69.2 Å². The second-order valence-corrected chi connectivity index (χ2v) is 6.65. The third-order valence-corrected chi connectivity index (χ3v) is 4.59. The lowest BCUT2D eigenvalue weighted by atomic mass is 10.1. The fourth-order valence-corrected chi connectivity index (χ4v) is 2.97. The van der Waals surface area contributed by atoms with E-state index < -0.39 is 29.2 Å². The molecule has 0 aromatic heterocycles. The SMILES string of the molecule is O=C(COC(=O)[C@H]1CC(=O)N(c2ccc(Cl)cc2)C1)c1ccc([N+](=O)[O-])cc1. The van der Waals surface area contributed by atoms with Crippen LogP contribution in [0.1, 0.15) is 16.8 Å². The predicted octanol–water partition coefficient (Wildman–Crippen LogP) is 3.03. The first-order valence-electron chi connectivity index (χ1n) is 8.35. The Labute approximate surface area is 164 Å². The molecule has 0 saturated carbocycles. The minimum absolute atomic E-state index is 0.00676. The van der Waals surface area contributed by atoms with Gasteiger partial charge in [0.1, 0.15) is 0 Å². The largest absolute Gasteiger partial charge is 0.457 e. The summed E-state index contributed by atoms with van der Waals surface area (Å²) in [7, 11) is 0. The summed E-state index contributed by atoms with van der Waals surface area (Å²) < 4.78 is 5.05. The molecule has 8 nitrogen and oxygen atoms in total.